The lowest BCUT2D eigenvalue weighted by atomic mass is 9.97. The number of amides is 1. The number of benzene rings is 1. The van der Waals surface area contributed by atoms with E-state index in [1.54, 1.807) is 0 Å². The van der Waals surface area contributed by atoms with E-state index in [9.17, 15) is 4.79 Å². The first-order chi connectivity index (χ1) is 13.3. The van der Waals surface area contributed by atoms with Gasteiger partial charge in [-0.25, -0.2) is 4.98 Å². The number of hydrogen-bond acceptors (Lipinski definition) is 4. The molecule has 1 atom stereocenters. The number of piperidine rings is 1. The summed E-state index contributed by atoms with van der Waals surface area (Å²) in [6.45, 7) is 6.01. The molecule has 144 valence electrons. The summed E-state index contributed by atoms with van der Waals surface area (Å²) >= 11 is 0. The van der Waals surface area contributed by atoms with Crippen LogP contribution in [0.15, 0.2) is 42.7 Å². The topological polar surface area (TPSA) is 50.6 Å². The van der Waals surface area contributed by atoms with Gasteiger partial charge >= 0.3 is 0 Å². The van der Waals surface area contributed by atoms with Gasteiger partial charge in [-0.3, -0.25) is 9.69 Å². The summed E-state index contributed by atoms with van der Waals surface area (Å²) in [5, 5.41) is 0. The van der Waals surface area contributed by atoms with Crippen LogP contribution < -0.4 is 0 Å². The van der Waals surface area contributed by atoms with Gasteiger partial charge in [0.15, 0.2) is 0 Å². The van der Waals surface area contributed by atoms with Crippen LogP contribution in [0, 0.1) is 0 Å². The van der Waals surface area contributed by atoms with Crippen molar-refractivity contribution in [1.29, 1.82) is 0 Å². The van der Waals surface area contributed by atoms with Crippen molar-refractivity contribution in [3.63, 3.8) is 0 Å². The number of aromatic nitrogens is 2. The second-order valence-corrected chi connectivity index (χ2v) is 7.47. The summed E-state index contributed by atoms with van der Waals surface area (Å²) in [4.78, 5) is 21.5. The highest BCUT2D eigenvalue weighted by atomic mass is 16.5. The maximum absolute atomic E-state index is 12.6. The first-order valence-electron chi connectivity index (χ1n) is 9.92. The van der Waals surface area contributed by atoms with Gasteiger partial charge in [0.2, 0.25) is 5.91 Å². The van der Waals surface area contributed by atoms with Crippen molar-refractivity contribution in [2.75, 3.05) is 45.9 Å². The Morgan fingerprint density at radius 2 is 1.96 bits per heavy atom. The molecule has 0 radical (unpaired) electrons. The predicted molar refractivity (Wildman–Crippen MR) is 104 cm³/mol. The zero-order valence-electron chi connectivity index (χ0n) is 15.8. The fraction of sp³-hybridized carbons (Fsp3) is 0.524. The summed E-state index contributed by atoms with van der Waals surface area (Å²) in [6, 6.07) is 10.5. The molecule has 0 unspecified atom stereocenters. The fourth-order valence-electron chi connectivity index (χ4n) is 4.11. The molecule has 0 N–H and O–H groups in total. The Hall–Kier alpha value is -2.18. The molecule has 1 amide bonds. The number of likely N-dealkylation sites (tertiary alicyclic amines) is 1. The van der Waals surface area contributed by atoms with E-state index in [1.165, 1.54) is 5.56 Å². The van der Waals surface area contributed by atoms with Crippen molar-refractivity contribution < 1.29 is 9.53 Å². The van der Waals surface area contributed by atoms with Crippen molar-refractivity contribution in [1.82, 2.24) is 19.4 Å². The van der Waals surface area contributed by atoms with Gasteiger partial charge in [-0.2, -0.15) is 0 Å². The second-order valence-electron chi connectivity index (χ2n) is 7.47. The van der Waals surface area contributed by atoms with Crippen LogP contribution in [0.5, 0.6) is 0 Å². The van der Waals surface area contributed by atoms with Crippen LogP contribution in [0.1, 0.15) is 30.1 Å². The van der Waals surface area contributed by atoms with Gasteiger partial charge in [-0.05, 0) is 24.9 Å². The van der Waals surface area contributed by atoms with Crippen molar-refractivity contribution in [2.45, 2.75) is 25.3 Å². The smallest absolute Gasteiger partial charge is 0.236 e. The summed E-state index contributed by atoms with van der Waals surface area (Å²) in [5.41, 5.74) is 1.28. The van der Waals surface area contributed by atoms with Crippen LogP contribution in [-0.2, 0) is 16.1 Å². The molecule has 6 nitrogen and oxygen atoms in total. The van der Waals surface area contributed by atoms with E-state index in [4.69, 9.17) is 4.74 Å². The quantitative estimate of drug-likeness (QED) is 0.810. The molecule has 2 aliphatic rings. The van der Waals surface area contributed by atoms with Gasteiger partial charge in [0.1, 0.15) is 5.82 Å². The van der Waals surface area contributed by atoms with Crippen molar-refractivity contribution in [3.05, 3.63) is 54.1 Å². The third-order valence-electron chi connectivity index (χ3n) is 5.54. The van der Waals surface area contributed by atoms with Crippen molar-refractivity contribution >= 4 is 5.91 Å². The maximum atomic E-state index is 12.6. The summed E-state index contributed by atoms with van der Waals surface area (Å²) in [6.07, 6.45) is 6.21. The molecular weight excluding hydrogens is 340 g/mol. The summed E-state index contributed by atoms with van der Waals surface area (Å²) in [5.74, 6) is 1.75. The minimum absolute atomic E-state index is 0.228. The number of imidazole rings is 1. The van der Waals surface area contributed by atoms with Gasteiger partial charge in [-0.1, -0.05) is 30.3 Å². The second kappa shape index (κ2) is 8.67. The standard InChI is InChI=1S/C21H28N4O2/c26-20(24-11-13-27-14-12-24)17-23-9-4-7-19(16-23)21-22-8-10-25(21)15-18-5-2-1-3-6-18/h1-3,5-6,8,10,19H,4,7,9,11-17H2/t19-/m1/s1. The molecule has 3 heterocycles. The Morgan fingerprint density at radius 1 is 1.15 bits per heavy atom. The van der Waals surface area contributed by atoms with Gasteiger partial charge in [0, 0.05) is 44.5 Å². The molecule has 0 saturated carbocycles. The predicted octanol–water partition coefficient (Wildman–Crippen LogP) is 1.97. The largest absolute Gasteiger partial charge is 0.378 e. The molecule has 0 spiro atoms. The molecule has 1 aromatic heterocycles. The van der Waals surface area contributed by atoms with Crippen LogP contribution in [0.4, 0.5) is 0 Å². The van der Waals surface area contributed by atoms with Gasteiger partial charge in [0.05, 0.1) is 19.8 Å². The molecule has 0 aliphatic carbocycles. The van der Waals surface area contributed by atoms with E-state index in [2.05, 4.69) is 44.9 Å². The fourth-order valence-corrected chi connectivity index (χ4v) is 4.11. The van der Waals surface area contributed by atoms with Crippen LogP contribution in [0.25, 0.3) is 0 Å². The van der Waals surface area contributed by atoms with E-state index >= 15 is 0 Å². The lowest BCUT2D eigenvalue weighted by molar-refractivity contribution is -0.136. The summed E-state index contributed by atoms with van der Waals surface area (Å²) < 4.78 is 7.61. The number of nitrogens with zero attached hydrogens (tertiary/aromatic N) is 4. The molecule has 2 fully saturated rings. The number of ether oxygens (including phenoxy) is 1. The SMILES string of the molecule is O=C(CN1CCC[C@@H](c2nccn2Cc2ccccc2)C1)N1CCOCC1. The maximum Gasteiger partial charge on any atom is 0.236 e. The first kappa shape index (κ1) is 18.2. The third-order valence-corrected chi connectivity index (χ3v) is 5.54. The molecule has 2 saturated heterocycles. The van der Waals surface area contributed by atoms with E-state index in [-0.39, 0.29) is 5.91 Å². The molecule has 2 aromatic rings. The lowest BCUT2D eigenvalue weighted by Gasteiger charge is -2.34. The Kier molecular flexibility index (Phi) is 5.84. The van der Waals surface area contributed by atoms with Crippen LogP contribution >= 0.6 is 0 Å². The van der Waals surface area contributed by atoms with Gasteiger partial charge in [0.25, 0.3) is 0 Å². The van der Waals surface area contributed by atoms with E-state index in [0.29, 0.717) is 25.7 Å². The molecule has 2 aliphatic heterocycles. The number of morpholine rings is 1. The average Bonchev–Trinajstić information content (AvgIpc) is 3.18. The molecule has 0 bridgehead atoms. The highest BCUT2D eigenvalue weighted by Gasteiger charge is 2.27. The highest BCUT2D eigenvalue weighted by molar-refractivity contribution is 5.78. The molecular formula is C21H28N4O2. The van der Waals surface area contributed by atoms with Crippen LogP contribution in [-0.4, -0.2) is 71.2 Å². The normalized spacial score (nSPS) is 21.3. The Bertz CT molecular complexity index is 740. The van der Waals surface area contributed by atoms with E-state index in [1.807, 2.05) is 17.2 Å². The summed E-state index contributed by atoms with van der Waals surface area (Å²) in [7, 11) is 0. The zero-order valence-corrected chi connectivity index (χ0v) is 15.8. The van der Waals surface area contributed by atoms with Crippen LogP contribution in [0.3, 0.4) is 0 Å². The highest BCUT2D eigenvalue weighted by Crippen LogP contribution is 2.26. The van der Waals surface area contributed by atoms with E-state index in [0.717, 1.165) is 51.4 Å². The first-order valence-corrected chi connectivity index (χ1v) is 9.92. The monoisotopic (exact) mass is 368 g/mol. The Morgan fingerprint density at radius 3 is 2.78 bits per heavy atom. The number of carbonyl (C=O) groups is 1. The van der Waals surface area contributed by atoms with Gasteiger partial charge < -0.3 is 14.2 Å². The minimum atomic E-state index is 0.228. The van der Waals surface area contributed by atoms with Crippen LogP contribution in [0.2, 0.25) is 0 Å². The van der Waals surface area contributed by atoms with Crippen molar-refractivity contribution in [2.24, 2.45) is 0 Å². The Balaban J connectivity index is 1.38. The number of carbonyl (C=O) groups excluding carboxylic acids is 1. The third kappa shape index (κ3) is 4.57. The van der Waals surface area contributed by atoms with E-state index < -0.39 is 0 Å². The average molecular weight is 368 g/mol. The number of rotatable bonds is 5. The molecule has 4 rings (SSSR count). The minimum Gasteiger partial charge on any atom is -0.378 e. The Labute approximate surface area is 160 Å². The molecule has 6 heteroatoms. The lowest BCUT2D eigenvalue weighted by Crippen LogP contribution is -2.47. The van der Waals surface area contributed by atoms with Crippen molar-refractivity contribution in [3.8, 4) is 0 Å². The number of hydrogen-bond donors (Lipinski definition) is 0. The molecule has 1 aromatic carbocycles. The van der Waals surface area contributed by atoms with Gasteiger partial charge in [-0.15, -0.1) is 0 Å². The zero-order chi connectivity index (χ0) is 18.5. The molecule has 27 heavy (non-hydrogen) atoms.